The number of aliphatic hydroxyl groups excluding tert-OH is 1. The third-order valence-corrected chi connectivity index (χ3v) is 3.90. The number of aliphatic hydroxyl groups is 1. The summed E-state index contributed by atoms with van der Waals surface area (Å²) in [5.74, 6) is -0.635. The lowest BCUT2D eigenvalue weighted by molar-refractivity contribution is -0.135. The molecule has 1 fully saturated rings. The number of carbonyl (C=O) groups is 1. The first-order chi connectivity index (χ1) is 9.13. The van der Waals surface area contributed by atoms with Crippen LogP contribution in [0.1, 0.15) is 24.8 Å². The van der Waals surface area contributed by atoms with Gasteiger partial charge >= 0.3 is 0 Å². The van der Waals surface area contributed by atoms with Crippen LogP contribution in [-0.4, -0.2) is 35.1 Å². The second-order valence-electron chi connectivity index (χ2n) is 4.80. The van der Waals surface area contributed by atoms with Gasteiger partial charge in [0, 0.05) is 17.1 Å². The number of nitrogens with zero attached hydrogens (tertiary/aromatic N) is 1. The molecule has 1 N–H and O–H groups in total. The minimum absolute atomic E-state index is 0.0449. The van der Waals surface area contributed by atoms with E-state index < -0.39 is 5.82 Å². The Morgan fingerprint density at radius 1 is 1.47 bits per heavy atom. The average molecular weight is 286 g/mol. The summed E-state index contributed by atoms with van der Waals surface area (Å²) in [6.45, 7) is 0.576. The predicted octanol–water partition coefficient (Wildman–Crippen LogP) is 2.40. The van der Waals surface area contributed by atoms with Crippen molar-refractivity contribution < 1.29 is 14.3 Å². The van der Waals surface area contributed by atoms with Crippen molar-refractivity contribution in [2.45, 2.75) is 31.7 Å². The maximum absolute atomic E-state index is 13.7. The molecular formula is C14H17ClFNO2. The Morgan fingerprint density at radius 3 is 2.95 bits per heavy atom. The van der Waals surface area contributed by atoms with Gasteiger partial charge in [-0.25, -0.2) is 4.39 Å². The molecule has 0 saturated carbocycles. The summed E-state index contributed by atoms with van der Waals surface area (Å²) in [5.41, 5.74) is 0.233. The van der Waals surface area contributed by atoms with Crippen molar-refractivity contribution in [2.24, 2.45) is 0 Å². The fourth-order valence-corrected chi connectivity index (χ4v) is 2.70. The molecular weight excluding hydrogens is 269 g/mol. The molecule has 1 saturated heterocycles. The predicted molar refractivity (Wildman–Crippen MR) is 71.6 cm³/mol. The topological polar surface area (TPSA) is 40.5 Å². The molecule has 1 atom stereocenters. The molecule has 1 amide bonds. The standard InChI is InChI=1S/C14H17ClFNO2/c15-12-5-3-6-13(16)11(12)8-14(19)17-7-2-1-4-10(17)9-18/h3,5-6,10,18H,1-2,4,7-9H2. The van der Waals surface area contributed by atoms with Gasteiger partial charge < -0.3 is 10.0 Å². The Morgan fingerprint density at radius 2 is 2.26 bits per heavy atom. The molecule has 1 aliphatic heterocycles. The molecule has 0 bridgehead atoms. The quantitative estimate of drug-likeness (QED) is 0.926. The summed E-state index contributed by atoms with van der Waals surface area (Å²) >= 11 is 5.92. The number of likely N-dealkylation sites (tertiary alicyclic amines) is 1. The second-order valence-corrected chi connectivity index (χ2v) is 5.20. The van der Waals surface area contributed by atoms with E-state index in [0.717, 1.165) is 19.3 Å². The molecule has 5 heteroatoms. The fraction of sp³-hybridized carbons (Fsp3) is 0.500. The number of hydrogen-bond acceptors (Lipinski definition) is 2. The molecule has 0 spiro atoms. The molecule has 3 nitrogen and oxygen atoms in total. The minimum atomic E-state index is -0.460. The van der Waals surface area contributed by atoms with Gasteiger partial charge in [-0.1, -0.05) is 17.7 Å². The zero-order chi connectivity index (χ0) is 13.8. The number of carbonyl (C=O) groups excluding carboxylic acids is 1. The van der Waals surface area contributed by atoms with Crippen LogP contribution < -0.4 is 0 Å². The van der Waals surface area contributed by atoms with Crippen molar-refractivity contribution in [2.75, 3.05) is 13.2 Å². The number of hydrogen-bond donors (Lipinski definition) is 1. The second kappa shape index (κ2) is 6.35. The first-order valence-corrected chi connectivity index (χ1v) is 6.84. The van der Waals surface area contributed by atoms with Gasteiger partial charge in [0.1, 0.15) is 5.82 Å². The maximum atomic E-state index is 13.7. The van der Waals surface area contributed by atoms with Gasteiger partial charge in [0.05, 0.1) is 19.1 Å². The smallest absolute Gasteiger partial charge is 0.227 e. The lowest BCUT2D eigenvalue weighted by atomic mass is 10.0. The fourth-order valence-electron chi connectivity index (χ4n) is 2.47. The molecule has 104 valence electrons. The van der Waals surface area contributed by atoms with Crippen LogP contribution in [0.3, 0.4) is 0 Å². The Hall–Kier alpha value is -1.13. The van der Waals surface area contributed by atoms with Crippen molar-refractivity contribution in [1.29, 1.82) is 0 Å². The maximum Gasteiger partial charge on any atom is 0.227 e. The van der Waals surface area contributed by atoms with Crippen molar-refractivity contribution in [3.63, 3.8) is 0 Å². The Balaban J connectivity index is 2.12. The number of piperidine rings is 1. The first-order valence-electron chi connectivity index (χ1n) is 6.46. The van der Waals surface area contributed by atoms with E-state index in [1.807, 2.05) is 0 Å². The molecule has 0 radical (unpaired) electrons. The highest BCUT2D eigenvalue weighted by molar-refractivity contribution is 6.31. The Bertz CT molecular complexity index is 447. The Labute approximate surface area is 117 Å². The Kier molecular flexibility index (Phi) is 4.77. The van der Waals surface area contributed by atoms with Crippen molar-refractivity contribution in [3.05, 3.63) is 34.6 Å². The largest absolute Gasteiger partial charge is 0.394 e. The third-order valence-electron chi connectivity index (χ3n) is 3.55. The average Bonchev–Trinajstić information content (AvgIpc) is 2.42. The van der Waals surface area contributed by atoms with Crippen molar-refractivity contribution in [3.8, 4) is 0 Å². The van der Waals surface area contributed by atoms with E-state index in [4.69, 9.17) is 11.6 Å². The van der Waals surface area contributed by atoms with Crippen LogP contribution >= 0.6 is 11.6 Å². The van der Waals surface area contributed by atoms with Gasteiger partial charge in [-0.15, -0.1) is 0 Å². The first kappa shape index (κ1) is 14.3. The highest BCUT2D eigenvalue weighted by atomic mass is 35.5. The molecule has 0 aliphatic carbocycles. The lowest BCUT2D eigenvalue weighted by Crippen LogP contribution is -2.46. The summed E-state index contributed by atoms with van der Waals surface area (Å²) in [6.07, 6.45) is 2.68. The summed E-state index contributed by atoms with van der Waals surface area (Å²) in [5, 5.41) is 9.56. The van der Waals surface area contributed by atoms with Crippen LogP contribution in [0, 0.1) is 5.82 Å². The molecule has 0 aromatic heterocycles. The summed E-state index contributed by atoms with van der Waals surface area (Å²) < 4.78 is 13.7. The van der Waals surface area contributed by atoms with Crippen LogP contribution in [0.4, 0.5) is 4.39 Å². The van der Waals surface area contributed by atoms with Crippen molar-refractivity contribution in [1.82, 2.24) is 4.90 Å². The van der Waals surface area contributed by atoms with Gasteiger partial charge in [-0.3, -0.25) is 4.79 Å². The molecule has 1 heterocycles. The van der Waals surface area contributed by atoms with E-state index in [1.54, 1.807) is 11.0 Å². The summed E-state index contributed by atoms with van der Waals surface area (Å²) in [7, 11) is 0. The minimum Gasteiger partial charge on any atom is -0.394 e. The number of amides is 1. The normalized spacial score (nSPS) is 19.5. The van der Waals surface area contributed by atoms with Gasteiger partial charge in [0.25, 0.3) is 0 Å². The summed E-state index contributed by atoms with van der Waals surface area (Å²) in [4.78, 5) is 13.9. The number of benzene rings is 1. The van der Waals surface area contributed by atoms with Crippen LogP contribution in [-0.2, 0) is 11.2 Å². The molecule has 1 aliphatic rings. The van der Waals surface area contributed by atoms with E-state index in [1.165, 1.54) is 12.1 Å². The van der Waals surface area contributed by atoms with Crippen molar-refractivity contribution >= 4 is 17.5 Å². The van der Waals surface area contributed by atoms with Gasteiger partial charge in [-0.05, 0) is 31.4 Å². The van der Waals surface area contributed by atoms with Gasteiger partial charge in [0.2, 0.25) is 5.91 Å². The van der Waals surface area contributed by atoms with E-state index in [2.05, 4.69) is 0 Å². The van der Waals surface area contributed by atoms with Gasteiger partial charge in [0.15, 0.2) is 0 Å². The van der Waals surface area contributed by atoms with Crippen LogP contribution in [0.15, 0.2) is 18.2 Å². The van der Waals surface area contributed by atoms with E-state index >= 15 is 0 Å². The SMILES string of the molecule is O=C(Cc1c(F)cccc1Cl)N1CCCCC1CO. The lowest BCUT2D eigenvalue weighted by Gasteiger charge is -2.34. The van der Waals surface area contributed by atoms with Crippen LogP contribution in [0.2, 0.25) is 5.02 Å². The molecule has 1 unspecified atom stereocenters. The number of rotatable bonds is 3. The third kappa shape index (κ3) is 3.25. The summed E-state index contributed by atoms with van der Waals surface area (Å²) in [6, 6.07) is 4.25. The highest BCUT2D eigenvalue weighted by Gasteiger charge is 2.26. The van der Waals surface area contributed by atoms with E-state index in [0.29, 0.717) is 6.54 Å². The molecule has 2 rings (SSSR count). The highest BCUT2D eigenvalue weighted by Crippen LogP contribution is 2.22. The van der Waals surface area contributed by atoms with Crippen LogP contribution in [0.5, 0.6) is 0 Å². The molecule has 1 aromatic carbocycles. The van der Waals surface area contributed by atoms with E-state index in [9.17, 15) is 14.3 Å². The zero-order valence-corrected chi connectivity index (χ0v) is 11.4. The molecule has 1 aromatic rings. The number of halogens is 2. The van der Waals surface area contributed by atoms with E-state index in [-0.39, 0.29) is 35.6 Å². The van der Waals surface area contributed by atoms with Crippen LogP contribution in [0.25, 0.3) is 0 Å². The zero-order valence-electron chi connectivity index (χ0n) is 10.6. The van der Waals surface area contributed by atoms with Gasteiger partial charge in [-0.2, -0.15) is 0 Å². The monoisotopic (exact) mass is 285 g/mol. The molecule has 19 heavy (non-hydrogen) atoms.